The van der Waals surface area contributed by atoms with Crippen LogP contribution in [-0.2, 0) is 18.0 Å². The molecule has 0 amide bonds. The third-order valence-corrected chi connectivity index (χ3v) is 3.72. The summed E-state index contributed by atoms with van der Waals surface area (Å²) in [5, 5.41) is 0. The van der Waals surface area contributed by atoms with E-state index in [1.165, 1.54) is 31.2 Å². The molecule has 1 aromatic heterocycles. The predicted octanol–water partition coefficient (Wildman–Crippen LogP) is 2.74. The number of hydrogen-bond acceptors (Lipinski definition) is 1. The molecule has 1 saturated carbocycles. The quantitative estimate of drug-likeness (QED) is 0.753. The first-order valence-corrected chi connectivity index (χ1v) is 7.10. The lowest BCUT2D eigenvalue weighted by molar-refractivity contribution is -0.688. The van der Waals surface area contributed by atoms with E-state index >= 15 is 0 Å². The molecule has 3 heteroatoms. The second kappa shape index (κ2) is 6.02. The van der Waals surface area contributed by atoms with Crippen molar-refractivity contribution in [1.29, 1.82) is 0 Å². The van der Waals surface area contributed by atoms with Crippen LogP contribution in [0.4, 0.5) is 0 Å². The standard InChI is InChI=1S/C16H21N2O/c1-2-6-15(7-3-1)12-17-10-11-18(13-17)14-19-16-8-4-5-9-16/h1-3,6-7,10-11,13,16H,4-5,8-9,12,14H2/q+1. The number of nitrogens with zero attached hydrogens (tertiary/aromatic N) is 2. The summed E-state index contributed by atoms with van der Waals surface area (Å²) in [6, 6.07) is 10.5. The van der Waals surface area contributed by atoms with Gasteiger partial charge in [-0.3, -0.25) is 0 Å². The molecule has 0 atom stereocenters. The molecule has 0 spiro atoms. The molecule has 0 aliphatic heterocycles. The summed E-state index contributed by atoms with van der Waals surface area (Å²) in [6.45, 7) is 1.59. The van der Waals surface area contributed by atoms with Gasteiger partial charge in [0.25, 0.3) is 0 Å². The van der Waals surface area contributed by atoms with Crippen LogP contribution >= 0.6 is 0 Å². The van der Waals surface area contributed by atoms with Gasteiger partial charge in [0, 0.05) is 0 Å². The van der Waals surface area contributed by atoms with Gasteiger partial charge in [0.1, 0.15) is 18.9 Å². The summed E-state index contributed by atoms with van der Waals surface area (Å²) in [7, 11) is 0. The summed E-state index contributed by atoms with van der Waals surface area (Å²) in [4.78, 5) is 0. The largest absolute Gasteiger partial charge is 0.338 e. The Hall–Kier alpha value is -1.61. The highest BCUT2D eigenvalue weighted by atomic mass is 16.5. The van der Waals surface area contributed by atoms with Crippen LogP contribution in [0.2, 0.25) is 0 Å². The van der Waals surface area contributed by atoms with E-state index in [0.29, 0.717) is 12.8 Å². The minimum Gasteiger partial charge on any atom is -0.338 e. The number of benzene rings is 1. The molecule has 3 nitrogen and oxygen atoms in total. The predicted molar refractivity (Wildman–Crippen MR) is 73.5 cm³/mol. The van der Waals surface area contributed by atoms with Crippen molar-refractivity contribution in [3.63, 3.8) is 0 Å². The molecule has 1 aliphatic carbocycles. The first-order chi connectivity index (χ1) is 9.40. The molecule has 1 aliphatic rings. The average molecular weight is 257 g/mol. The second-order valence-corrected chi connectivity index (χ2v) is 5.29. The monoisotopic (exact) mass is 257 g/mol. The van der Waals surface area contributed by atoms with Gasteiger partial charge in [-0.25, -0.2) is 9.13 Å². The molecule has 0 N–H and O–H groups in total. The topological polar surface area (TPSA) is 18.0 Å². The zero-order chi connectivity index (χ0) is 12.9. The molecule has 19 heavy (non-hydrogen) atoms. The molecule has 2 aromatic rings. The lowest BCUT2D eigenvalue weighted by Gasteiger charge is -2.07. The number of aromatic nitrogens is 2. The Morgan fingerprint density at radius 3 is 2.74 bits per heavy atom. The Kier molecular flexibility index (Phi) is 3.94. The summed E-state index contributed by atoms with van der Waals surface area (Å²) < 4.78 is 10.2. The lowest BCUT2D eigenvalue weighted by atomic mass is 10.2. The van der Waals surface area contributed by atoms with Gasteiger partial charge in [0.05, 0.1) is 6.10 Å². The van der Waals surface area contributed by atoms with Crippen molar-refractivity contribution >= 4 is 0 Å². The van der Waals surface area contributed by atoms with Crippen molar-refractivity contribution in [2.75, 3.05) is 0 Å². The molecular formula is C16H21N2O+. The molecule has 0 bridgehead atoms. The van der Waals surface area contributed by atoms with Gasteiger partial charge < -0.3 is 4.74 Å². The zero-order valence-corrected chi connectivity index (χ0v) is 11.2. The van der Waals surface area contributed by atoms with Crippen LogP contribution in [0, 0.1) is 0 Å². The van der Waals surface area contributed by atoms with Gasteiger partial charge in [-0.1, -0.05) is 43.2 Å². The highest BCUT2D eigenvalue weighted by Crippen LogP contribution is 2.21. The van der Waals surface area contributed by atoms with Crippen LogP contribution < -0.4 is 4.57 Å². The van der Waals surface area contributed by atoms with Crippen LogP contribution in [0.15, 0.2) is 49.1 Å². The summed E-state index contributed by atoms with van der Waals surface area (Å²) in [6.07, 6.45) is 11.9. The maximum absolute atomic E-state index is 5.90. The fourth-order valence-electron chi connectivity index (χ4n) is 2.65. The van der Waals surface area contributed by atoms with E-state index in [9.17, 15) is 0 Å². The van der Waals surface area contributed by atoms with Gasteiger partial charge in [0.2, 0.25) is 6.33 Å². The van der Waals surface area contributed by atoms with Crippen LogP contribution in [-0.4, -0.2) is 10.7 Å². The Morgan fingerprint density at radius 2 is 1.95 bits per heavy atom. The zero-order valence-electron chi connectivity index (χ0n) is 11.2. The van der Waals surface area contributed by atoms with E-state index in [0.717, 1.165) is 6.54 Å². The van der Waals surface area contributed by atoms with Crippen LogP contribution in [0.5, 0.6) is 0 Å². The first kappa shape index (κ1) is 12.4. The number of hydrogen-bond donors (Lipinski definition) is 0. The van der Waals surface area contributed by atoms with Crippen LogP contribution in [0.25, 0.3) is 0 Å². The molecule has 1 heterocycles. The summed E-state index contributed by atoms with van der Waals surface area (Å²) in [5.74, 6) is 0. The van der Waals surface area contributed by atoms with E-state index in [4.69, 9.17) is 4.74 Å². The van der Waals surface area contributed by atoms with E-state index in [2.05, 4.69) is 58.2 Å². The van der Waals surface area contributed by atoms with Gasteiger partial charge in [-0.15, -0.1) is 0 Å². The molecule has 0 unspecified atom stereocenters. The number of rotatable bonds is 5. The fourth-order valence-corrected chi connectivity index (χ4v) is 2.65. The van der Waals surface area contributed by atoms with Crippen molar-refractivity contribution in [2.24, 2.45) is 0 Å². The minimum atomic E-state index is 0.477. The molecule has 0 radical (unpaired) electrons. The van der Waals surface area contributed by atoms with E-state index in [1.54, 1.807) is 0 Å². The third-order valence-electron chi connectivity index (χ3n) is 3.72. The molecule has 100 valence electrons. The third kappa shape index (κ3) is 3.44. The normalized spacial score (nSPS) is 16.0. The van der Waals surface area contributed by atoms with Gasteiger partial charge in [-0.2, -0.15) is 0 Å². The van der Waals surface area contributed by atoms with Crippen molar-refractivity contribution in [2.45, 2.75) is 45.1 Å². The molecule has 3 rings (SSSR count). The highest BCUT2D eigenvalue weighted by molar-refractivity contribution is 5.13. The Labute approximate surface area is 114 Å². The average Bonchev–Trinajstić information content (AvgIpc) is 3.09. The smallest absolute Gasteiger partial charge is 0.245 e. The molecule has 0 saturated heterocycles. The van der Waals surface area contributed by atoms with E-state index in [1.807, 2.05) is 0 Å². The Balaban J connectivity index is 1.54. The summed E-state index contributed by atoms with van der Waals surface area (Å²) >= 11 is 0. The van der Waals surface area contributed by atoms with Crippen molar-refractivity contribution in [3.05, 3.63) is 54.6 Å². The van der Waals surface area contributed by atoms with Crippen molar-refractivity contribution < 1.29 is 9.30 Å². The van der Waals surface area contributed by atoms with Gasteiger partial charge in [0.15, 0.2) is 6.73 Å². The van der Waals surface area contributed by atoms with E-state index < -0.39 is 0 Å². The van der Waals surface area contributed by atoms with Crippen LogP contribution in [0.3, 0.4) is 0 Å². The van der Waals surface area contributed by atoms with Crippen LogP contribution in [0.1, 0.15) is 31.2 Å². The molecule has 1 aromatic carbocycles. The second-order valence-electron chi connectivity index (χ2n) is 5.29. The van der Waals surface area contributed by atoms with E-state index in [-0.39, 0.29) is 0 Å². The van der Waals surface area contributed by atoms with Crippen molar-refractivity contribution in [1.82, 2.24) is 4.57 Å². The van der Waals surface area contributed by atoms with Gasteiger partial charge in [-0.05, 0) is 18.4 Å². The number of ether oxygens (including phenoxy) is 1. The van der Waals surface area contributed by atoms with Crippen molar-refractivity contribution in [3.8, 4) is 0 Å². The first-order valence-electron chi connectivity index (χ1n) is 7.10. The number of imidazole rings is 1. The fraction of sp³-hybridized carbons (Fsp3) is 0.438. The molecular weight excluding hydrogens is 236 g/mol. The Morgan fingerprint density at radius 1 is 1.16 bits per heavy atom. The molecule has 1 fully saturated rings. The lowest BCUT2D eigenvalue weighted by Crippen LogP contribution is -2.31. The maximum atomic E-state index is 5.90. The summed E-state index contributed by atoms with van der Waals surface area (Å²) in [5.41, 5.74) is 1.32. The maximum Gasteiger partial charge on any atom is 0.245 e. The highest BCUT2D eigenvalue weighted by Gasteiger charge is 2.16. The van der Waals surface area contributed by atoms with Gasteiger partial charge >= 0.3 is 0 Å². The minimum absolute atomic E-state index is 0.477. The SMILES string of the molecule is c1ccc(C[n+]2ccn(COC3CCCC3)c2)cc1. The Bertz CT molecular complexity index is 500.